The van der Waals surface area contributed by atoms with Gasteiger partial charge in [-0.15, -0.1) is 0 Å². The normalized spacial score (nSPS) is 14.2. The minimum Gasteiger partial charge on any atom is -0.466 e. The molecule has 0 fully saturated rings. The number of benzene rings is 1. The largest absolute Gasteiger partial charge is 0.466 e. The average molecular weight is 264 g/mol. The van der Waals surface area contributed by atoms with Crippen molar-refractivity contribution in [3.8, 4) is 0 Å². The first-order chi connectivity index (χ1) is 9.01. The van der Waals surface area contributed by atoms with Crippen LogP contribution in [0.1, 0.15) is 44.9 Å². The number of carbonyl (C=O) groups excluding carboxylic acids is 1. The quantitative estimate of drug-likeness (QED) is 0.803. The summed E-state index contributed by atoms with van der Waals surface area (Å²) in [6, 6.07) is 7.75. The highest BCUT2D eigenvalue weighted by Crippen LogP contribution is 2.29. The van der Waals surface area contributed by atoms with E-state index >= 15 is 0 Å². The van der Waals surface area contributed by atoms with E-state index in [4.69, 9.17) is 4.74 Å². The van der Waals surface area contributed by atoms with Crippen LogP contribution in [-0.2, 0) is 16.0 Å². The summed E-state index contributed by atoms with van der Waals surface area (Å²) >= 11 is 0. The summed E-state index contributed by atoms with van der Waals surface area (Å²) in [5, 5.41) is 10.4. The van der Waals surface area contributed by atoms with Gasteiger partial charge in [0.15, 0.2) is 0 Å². The molecule has 1 rings (SSSR count). The SMILES string of the molecule is CCOC(=O)C(C(C)C)C(O)c1ccc(CC)cc1. The standard InChI is InChI=1S/C16H24O3/c1-5-12-7-9-13(10-8-12)15(17)14(11(3)4)16(18)19-6-2/h7-11,14-15,17H,5-6H2,1-4H3. The molecule has 2 unspecified atom stereocenters. The molecule has 0 heterocycles. The van der Waals surface area contributed by atoms with Gasteiger partial charge in [0.05, 0.1) is 18.6 Å². The lowest BCUT2D eigenvalue weighted by molar-refractivity contribution is -0.154. The maximum atomic E-state index is 11.9. The van der Waals surface area contributed by atoms with Gasteiger partial charge in [0.1, 0.15) is 0 Å². The lowest BCUT2D eigenvalue weighted by atomic mass is 9.86. The van der Waals surface area contributed by atoms with Gasteiger partial charge in [-0.3, -0.25) is 4.79 Å². The molecule has 0 saturated carbocycles. The molecule has 0 saturated heterocycles. The minimum atomic E-state index is -0.815. The number of aryl methyl sites for hydroxylation is 1. The van der Waals surface area contributed by atoms with Crippen LogP contribution in [0.3, 0.4) is 0 Å². The Morgan fingerprint density at radius 2 is 1.79 bits per heavy atom. The first kappa shape index (κ1) is 15.7. The summed E-state index contributed by atoms with van der Waals surface area (Å²) in [6.45, 7) is 8.04. The summed E-state index contributed by atoms with van der Waals surface area (Å²) in [7, 11) is 0. The Kier molecular flexibility index (Phi) is 6.03. The molecular formula is C16H24O3. The molecule has 3 nitrogen and oxygen atoms in total. The Morgan fingerprint density at radius 3 is 2.21 bits per heavy atom. The zero-order valence-electron chi connectivity index (χ0n) is 12.2. The highest BCUT2D eigenvalue weighted by molar-refractivity contribution is 5.73. The van der Waals surface area contributed by atoms with Crippen LogP contribution in [0, 0.1) is 11.8 Å². The van der Waals surface area contributed by atoms with Gasteiger partial charge < -0.3 is 9.84 Å². The maximum absolute atomic E-state index is 11.9. The van der Waals surface area contributed by atoms with Gasteiger partial charge in [-0.05, 0) is 30.4 Å². The number of ether oxygens (including phenoxy) is 1. The second kappa shape index (κ2) is 7.29. The number of carbonyl (C=O) groups is 1. The van der Waals surface area contributed by atoms with Gasteiger partial charge in [0, 0.05) is 0 Å². The highest BCUT2D eigenvalue weighted by atomic mass is 16.5. The summed E-state index contributed by atoms with van der Waals surface area (Å²) < 4.78 is 5.05. The van der Waals surface area contributed by atoms with Crippen LogP contribution in [0.5, 0.6) is 0 Å². The number of hydrogen-bond acceptors (Lipinski definition) is 3. The zero-order valence-corrected chi connectivity index (χ0v) is 12.2. The summed E-state index contributed by atoms with van der Waals surface area (Å²) in [6.07, 6.45) is 0.145. The predicted molar refractivity (Wildman–Crippen MR) is 75.7 cm³/mol. The highest BCUT2D eigenvalue weighted by Gasteiger charge is 2.32. The minimum absolute atomic E-state index is 0.0277. The van der Waals surface area contributed by atoms with E-state index in [0.717, 1.165) is 12.0 Å². The monoisotopic (exact) mass is 264 g/mol. The van der Waals surface area contributed by atoms with E-state index < -0.39 is 12.0 Å². The number of rotatable bonds is 6. The third kappa shape index (κ3) is 4.06. The molecule has 2 atom stereocenters. The van der Waals surface area contributed by atoms with Crippen LogP contribution >= 0.6 is 0 Å². The third-order valence-electron chi connectivity index (χ3n) is 3.35. The second-order valence-electron chi connectivity index (χ2n) is 5.06. The molecule has 0 aliphatic carbocycles. The lowest BCUT2D eigenvalue weighted by Crippen LogP contribution is -2.29. The van der Waals surface area contributed by atoms with E-state index in [2.05, 4.69) is 6.92 Å². The van der Waals surface area contributed by atoms with Crippen molar-refractivity contribution in [2.75, 3.05) is 6.61 Å². The number of esters is 1. The maximum Gasteiger partial charge on any atom is 0.312 e. The Morgan fingerprint density at radius 1 is 1.21 bits per heavy atom. The molecule has 0 aliphatic rings. The van der Waals surface area contributed by atoms with Crippen molar-refractivity contribution in [3.05, 3.63) is 35.4 Å². The average Bonchev–Trinajstić information content (AvgIpc) is 2.38. The summed E-state index contributed by atoms with van der Waals surface area (Å²) in [5.41, 5.74) is 1.98. The summed E-state index contributed by atoms with van der Waals surface area (Å²) in [5.74, 6) is -0.822. The van der Waals surface area contributed by atoms with Gasteiger partial charge in [-0.1, -0.05) is 45.0 Å². The Hall–Kier alpha value is -1.35. The van der Waals surface area contributed by atoms with Crippen molar-refractivity contribution in [1.82, 2.24) is 0 Å². The van der Waals surface area contributed by atoms with Crippen molar-refractivity contribution in [3.63, 3.8) is 0 Å². The fourth-order valence-corrected chi connectivity index (χ4v) is 2.16. The van der Waals surface area contributed by atoms with Crippen LogP contribution in [0.25, 0.3) is 0 Å². The molecule has 1 N–H and O–H groups in total. The number of aliphatic hydroxyl groups excluding tert-OH is 1. The molecule has 1 aromatic carbocycles. The van der Waals surface area contributed by atoms with Crippen molar-refractivity contribution in [1.29, 1.82) is 0 Å². The smallest absolute Gasteiger partial charge is 0.312 e. The number of hydrogen-bond donors (Lipinski definition) is 1. The Bertz CT molecular complexity index is 395. The van der Waals surface area contributed by atoms with Crippen molar-refractivity contribution < 1.29 is 14.6 Å². The molecule has 0 radical (unpaired) electrons. The van der Waals surface area contributed by atoms with Crippen LogP contribution in [0.2, 0.25) is 0 Å². The fourth-order valence-electron chi connectivity index (χ4n) is 2.16. The second-order valence-corrected chi connectivity index (χ2v) is 5.06. The van der Waals surface area contributed by atoms with Gasteiger partial charge >= 0.3 is 5.97 Å². The van der Waals surface area contributed by atoms with Crippen LogP contribution in [-0.4, -0.2) is 17.7 Å². The van der Waals surface area contributed by atoms with Gasteiger partial charge in [-0.25, -0.2) is 0 Å². The van der Waals surface area contributed by atoms with E-state index in [-0.39, 0.29) is 11.9 Å². The fraction of sp³-hybridized carbons (Fsp3) is 0.562. The molecule has 0 aliphatic heterocycles. The van der Waals surface area contributed by atoms with E-state index in [0.29, 0.717) is 6.61 Å². The molecular weight excluding hydrogens is 240 g/mol. The van der Waals surface area contributed by atoms with Crippen molar-refractivity contribution >= 4 is 5.97 Å². The van der Waals surface area contributed by atoms with E-state index in [1.165, 1.54) is 5.56 Å². The topological polar surface area (TPSA) is 46.5 Å². The zero-order chi connectivity index (χ0) is 14.4. The molecule has 0 spiro atoms. The predicted octanol–water partition coefficient (Wildman–Crippen LogP) is 3.12. The van der Waals surface area contributed by atoms with Gasteiger partial charge in [0.2, 0.25) is 0 Å². The van der Waals surface area contributed by atoms with Gasteiger partial charge in [-0.2, -0.15) is 0 Å². The lowest BCUT2D eigenvalue weighted by Gasteiger charge is -2.24. The van der Waals surface area contributed by atoms with Crippen LogP contribution in [0.15, 0.2) is 24.3 Å². The third-order valence-corrected chi connectivity index (χ3v) is 3.35. The van der Waals surface area contributed by atoms with E-state index in [9.17, 15) is 9.90 Å². The van der Waals surface area contributed by atoms with Crippen LogP contribution < -0.4 is 0 Å². The van der Waals surface area contributed by atoms with Crippen molar-refractivity contribution in [2.24, 2.45) is 11.8 Å². The Labute approximate surface area is 115 Å². The molecule has 106 valence electrons. The Balaban J connectivity index is 2.91. The van der Waals surface area contributed by atoms with Crippen molar-refractivity contribution in [2.45, 2.75) is 40.2 Å². The molecule has 1 aromatic rings. The molecule has 0 amide bonds. The summed E-state index contributed by atoms with van der Waals surface area (Å²) in [4.78, 5) is 11.9. The van der Waals surface area contributed by atoms with E-state index in [1.807, 2.05) is 38.1 Å². The molecule has 3 heteroatoms. The molecule has 19 heavy (non-hydrogen) atoms. The first-order valence-electron chi connectivity index (χ1n) is 6.94. The van der Waals surface area contributed by atoms with E-state index in [1.54, 1.807) is 6.92 Å². The number of aliphatic hydroxyl groups is 1. The molecule has 0 bridgehead atoms. The van der Waals surface area contributed by atoms with Crippen LogP contribution in [0.4, 0.5) is 0 Å². The molecule has 0 aromatic heterocycles. The van der Waals surface area contributed by atoms with Gasteiger partial charge in [0.25, 0.3) is 0 Å². The first-order valence-corrected chi connectivity index (χ1v) is 6.94.